The first-order chi connectivity index (χ1) is 21.1. The lowest BCUT2D eigenvalue weighted by atomic mass is 9.79. The van der Waals surface area contributed by atoms with Gasteiger partial charge in [-0.1, -0.05) is 44.2 Å². The molecule has 2 aromatic rings. The molecule has 0 saturated carbocycles. The Balaban J connectivity index is 1.64. The highest BCUT2D eigenvalue weighted by Crippen LogP contribution is 2.43. The number of fused-ring (bicyclic) bond motifs is 1. The van der Waals surface area contributed by atoms with Gasteiger partial charge >= 0.3 is 18.4 Å². The number of carbonyl (C=O) groups excluding carboxylic acids is 3. The highest BCUT2D eigenvalue weighted by molar-refractivity contribution is 6.03. The minimum atomic E-state index is -4.87. The molecule has 13 heteroatoms. The van der Waals surface area contributed by atoms with Gasteiger partial charge in [-0.2, -0.15) is 13.2 Å². The van der Waals surface area contributed by atoms with Crippen molar-refractivity contribution < 1.29 is 42.2 Å². The third kappa shape index (κ3) is 7.69. The van der Waals surface area contributed by atoms with Crippen molar-refractivity contribution in [3.63, 3.8) is 0 Å². The van der Waals surface area contributed by atoms with E-state index in [0.29, 0.717) is 12.8 Å². The maximum atomic E-state index is 14.5. The number of nitrogens with zero attached hydrogens (tertiary/aromatic N) is 3. The van der Waals surface area contributed by atoms with Crippen molar-refractivity contribution in [2.45, 2.75) is 71.8 Å². The van der Waals surface area contributed by atoms with Crippen LogP contribution in [0.4, 0.5) is 28.4 Å². The maximum absolute atomic E-state index is 14.5. The van der Waals surface area contributed by atoms with Crippen LogP contribution in [0.15, 0.2) is 42.5 Å². The zero-order valence-corrected chi connectivity index (χ0v) is 25.8. The van der Waals surface area contributed by atoms with E-state index in [1.807, 2.05) is 6.07 Å². The fourth-order valence-electron chi connectivity index (χ4n) is 6.05. The Labute approximate surface area is 260 Å². The van der Waals surface area contributed by atoms with Gasteiger partial charge in [-0.15, -0.1) is 0 Å². The number of halogens is 3. The lowest BCUT2D eigenvalue weighted by Crippen LogP contribution is -2.54. The highest BCUT2D eigenvalue weighted by Gasteiger charge is 2.44. The summed E-state index contributed by atoms with van der Waals surface area (Å²) in [6.07, 6.45) is -5.84. The van der Waals surface area contributed by atoms with Gasteiger partial charge in [0.1, 0.15) is 6.61 Å². The molecular formula is C32H39F3N4O6. The second-order valence-electron chi connectivity index (χ2n) is 12.4. The van der Waals surface area contributed by atoms with Crippen molar-refractivity contribution in [2.24, 2.45) is 5.41 Å². The second kappa shape index (κ2) is 13.4. The van der Waals surface area contributed by atoms with Gasteiger partial charge in [-0.3, -0.25) is 9.59 Å². The maximum Gasteiger partial charge on any atom is 0.417 e. The molecule has 0 aromatic heterocycles. The van der Waals surface area contributed by atoms with Crippen molar-refractivity contribution in [3.05, 3.63) is 64.7 Å². The molecule has 2 aromatic carbocycles. The van der Waals surface area contributed by atoms with E-state index in [1.54, 1.807) is 52.0 Å². The topological polar surface area (TPSA) is 119 Å². The Hall–Kier alpha value is -4.29. The van der Waals surface area contributed by atoms with Crippen molar-refractivity contribution in [3.8, 4) is 0 Å². The van der Waals surface area contributed by atoms with Gasteiger partial charge in [0.05, 0.1) is 17.2 Å². The number of benzene rings is 2. The number of carbonyl (C=O) groups is 4. The predicted molar refractivity (Wildman–Crippen MR) is 160 cm³/mol. The van der Waals surface area contributed by atoms with Crippen LogP contribution in [0.1, 0.15) is 67.6 Å². The zero-order chi connectivity index (χ0) is 33.1. The highest BCUT2D eigenvalue weighted by atomic mass is 19.4. The number of rotatable bonds is 8. The second-order valence-corrected chi connectivity index (χ2v) is 12.4. The summed E-state index contributed by atoms with van der Waals surface area (Å²) >= 11 is 0. The lowest BCUT2D eigenvalue weighted by molar-refractivity contribution is -0.138. The standard InChI is InChI=1S/C32H39F3N4O6/c1-20(2)39(23-11-8-13-37(18-23)30(43)44)27(40)24-16-26-22(15-25(24)32(33,34)35)17-31(3,4)28(41)38(26)14-12-36-29(42)45-19-21-9-6-5-7-10-21/h5-7,9-10,15-16,20,23H,8,11-14,17-19H2,1-4H3,(H,36,42)(H,43,44)/t23-/m1/s1. The van der Waals surface area contributed by atoms with Crippen LogP contribution in [0.2, 0.25) is 0 Å². The fraction of sp³-hybridized carbons (Fsp3) is 0.500. The van der Waals surface area contributed by atoms with Crippen LogP contribution < -0.4 is 10.2 Å². The molecule has 2 aliphatic heterocycles. The minimum absolute atomic E-state index is 0.0175. The van der Waals surface area contributed by atoms with E-state index in [9.17, 15) is 37.5 Å². The average molecular weight is 633 g/mol. The molecule has 0 spiro atoms. The van der Waals surface area contributed by atoms with Crippen LogP contribution in [-0.2, 0) is 28.7 Å². The van der Waals surface area contributed by atoms with Gasteiger partial charge < -0.3 is 29.9 Å². The van der Waals surface area contributed by atoms with Crippen LogP contribution >= 0.6 is 0 Å². The fourth-order valence-corrected chi connectivity index (χ4v) is 6.05. The third-order valence-corrected chi connectivity index (χ3v) is 8.17. The largest absolute Gasteiger partial charge is 0.465 e. The van der Waals surface area contributed by atoms with E-state index < -0.39 is 52.9 Å². The van der Waals surface area contributed by atoms with Crippen LogP contribution in [0.25, 0.3) is 0 Å². The lowest BCUT2D eigenvalue weighted by Gasteiger charge is -2.42. The first-order valence-electron chi connectivity index (χ1n) is 14.9. The smallest absolute Gasteiger partial charge is 0.417 e. The van der Waals surface area contributed by atoms with Crippen molar-refractivity contribution in [2.75, 3.05) is 31.1 Å². The van der Waals surface area contributed by atoms with Gasteiger partial charge in [0.15, 0.2) is 0 Å². The normalized spacial score (nSPS) is 18.0. The Morgan fingerprint density at radius 3 is 2.47 bits per heavy atom. The monoisotopic (exact) mass is 632 g/mol. The molecule has 0 radical (unpaired) electrons. The number of alkyl carbamates (subject to hydrolysis) is 1. The van der Waals surface area contributed by atoms with Crippen molar-refractivity contribution >= 4 is 29.7 Å². The van der Waals surface area contributed by atoms with Gasteiger partial charge in [0, 0.05) is 43.3 Å². The number of alkyl halides is 3. The molecular weight excluding hydrogens is 593 g/mol. The Kier molecular flexibility index (Phi) is 9.98. The quantitative estimate of drug-likeness (QED) is 0.395. The molecule has 2 N–H and O–H groups in total. The summed E-state index contributed by atoms with van der Waals surface area (Å²) in [6, 6.07) is 9.94. The molecule has 4 rings (SSSR count). The number of anilines is 1. The molecule has 1 fully saturated rings. The summed E-state index contributed by atoms with van der Waals surface area (Å²) in [4.78, 5) is 55.3. The van der Waals surface area contributed by atoms with E-state index in [4.69, 9.17) is 4.74 Å². The predicted octanol–water partition coefficient (Wildman–Crippen LogP) is 5.54. The SMILES string of the molecule is CC(C)N(C(=O)c1cc2c(cc1C(F)(F)F)CC(C)(C)C(=O)N2CCNC(=O)OCc1ccccc1)[C@@H]1CCCN(C(=O)O)C1. The number of likely N-dealkylation sites (tertiary alicyclic amines) is 1. The summed E-state index contributed by atoms with van der Waals surface area (Å²) in [5.74, 6) is -1.25. The minimum Gasteiger partial charge on any atom is -0.465 e. The van der Waals surface area contributed by atoms with Gasteiger partial charge in [-0.25, -0.2) is 9.59 Å². The molecule has 10 nitrogen and oxygen atoms in total. The van der Waals surface area contributed by atoms with Crippen molar-refractivity contribution in [1.29, 1.82) is 0 Å². The Bertz CT molecular complexity index is 1430. The molecule has 0 unspecified atom stereocenters. The molecule has 0 bridgehead atoms. The molecule has 1 saturated heterocycles. The number of ether oxygens (including phenoxy) is 1. The van der Waals surface area contributed by atoms with E-state index >= 15 is 0 Å². The molecule has 244 valence electrons. The number of hydrogen-bond acceptors (Lipinski definition) is 5. The van der Waals surface area contributed by atoms with Crippen LogP contribution in [0.3, 0.4) is 0 Å². The Morgan fingerprint density at radius 2 is 1.84 bits per heavy atom. The van der Waals surface area contributed by atoms with E-state index in [1.165, 1.54) is 9.80 Å². The first-order valence-corrected chi connectivity index (χ1v) is 14.9. The number of piperidine rings is 1. The number of carboxylic acid groups (broad SMARTS) is 1. The summed E-state index contributed by atoms with van der Waals surface area (Å²) in [6.45, 7) is 6.79. The molecule has 4 amide bonds. The van der Waals surface area contributed by atoms with Gasteiger partial charge in [0.25, 0.3) is 5.91 Å². The summed E-state index contributed by atoms with van der Waals surface area (Å²) in [5.41, 5.74) is -1.57. The van der Waals surface area contributed by atoms with Crippen LogP contribution in [0, 0.1) is 5.41 Å². The summed E-state index contributed by atoms with van der Waals surface area (Å²) in [5, 5.41) is 12.1. The van der Waals surface area contributed by atoms with E-state index in [2.05, 4.69) is 5.32 Å². The molecule has 0 aliphatic carbocycles. The van der Waals surface area contributed by atoms with Crippen LogP contribution in [-0.4, -0.2) is 77.2 Å². The summed E-state index contributed by atoms with van der Waals surface area (Å²) < 4.78 is 48.7. The molecule has 2 heterocycles. The number of nitrogens with one attached hydrogen (secondary N) is 1. The number of amides is 4. The summed E-state index contributed by atoms with van der Waals surface area (Å²) in [7, 11) is 0. The van der Waals surface area contributed by atoms with E-state index in [0.717, 1.165) is 22.6 Å². The average Bonchev–Trinajstić information content (AvgIpc) is 2.97. The van der Waals surface area contributed by atoms with Crippen LogP contribution in [0.5, 0.6) is 0 Å². The van der Waals surface area contributed by atoms with E-state index in [-0.39, 0.29) is 56.4 Å². The van der Waals surface area contributed by atoms with Gasteiger partial charge in [0.2, 0.25) is 5.91 Å². The Morgan fingerprint density at radius 1 is 1.16 bits per heavy atom. The zero-order valence-electron chi connectivity index (χ0n) is 25.8. The first kappa shape index (κ1) is 33.6. The van der Waals surface area contributed by atoms with Gasteiger partial charge in [-0.05, 0) is 56.4 Å². The number of hydrogen-bond donors (Lipinski definition) is 2. The molecule has 45 heavy (non-hydrogen) atoms. The molecule has 2 aliphatic rings. The third-order valence-electron chi connectivity index (χ3n) is 8.17. The van der Waals surface area contributed by atoms with Crippen molar-refractivity contribution in [1.82, 2.24) is 15.1 Å². The molecule has 1 atom stereocenters.